The first-order chi connectivity index (χ1) is 10.1. The Morgan fingerprint density at radius 1 is 1.00 bits per heavy atom. The maximum Gasteiger partial charge on any atom is 0.166 e. The zero-order chi connectivity index (χ0) is 15.2. The first kappa shape index (κ1) is 15.4. The topological polar surface area (TPSA) is 21.3 Å². The quantitative estimate of drug-likeness (QED) is 0.846. The van der Waals surface area contributed by atoms with Crippen LogP contribution in [0, 0.1) is 17.6 Å². The van der Waals surface area contributed by atoms with E-state index in [9.17, 15) is 8.78 Å². The van der Waals surface area contributed by atoms with Gasteiger partial charge in [-0.3, -0.25) is 0 Å². The summed E-state index contributed by atoms with van der Waals surface area (Å²) in [6.45, 7) is 5.68. The summed E-state index contributed by atoms with van der Waals surface area (Å²) in [5.41, 5.74) is 0.828. The molecule has 0 saturated carbocycles. The SMILES string of the molecule is CC(C)CNCc1ccc(Oc2ccccc2F)c(F)c1. The van der Waals surface area contributed by atoms with Gasteiger partial charge in [0.1, 0.15) is 0 Å². The molecule has 0 fully saturated rings. The zero-order valence-electron chi connectivity index (χ0n) is 12.2. The highest BCUT2D eigenvalue weighted by atomic mass is 19.1. The van der Waals surface area contributed by atoms with Crippen LogP contribution >= 0.6 is 0 Å². The van der Waals surface area contributed by atoms with Gasteiger partial charge in [-0.2, -0.15) is 0 Å². The van der Waals surface area contributed by atoms with Crippen molar-refractivity contribution in [2.75, 3.05) is 6.54 Å². The van der Waals surface area contributed by atoms with E-state index in [2.05, 4.69) is 19.2 Å². The molecule has 0 saturated heterocycles. The second kappa shape index (κ2) is 7.18. The number of ether oxygens (including phenoxy) is 1. The average molecular weight is 291 g/mol. The molecule has 0 spiro atoms. The molecule has 0 aromatic heterocycles. The van der Waals surface area contributed by atoms with Gasteiger partial charge in [0.25, 0.3) is 0 Å². The van der Waals surface area contributed by atoms with Crippen molar-refractivity contribution in [3.05, 3.63) is 59.7 Å². The third-order valence-corrected chi connectivity index (χ3v) is 2.93. The van der Waals surface area contributed by atoms with Crippen molar-refractivity contribution in [3.63, 3.8) is 0 Å². The van der Waals surface area contributed by atoms with Crippen molar-refractivity contribution >= 4 is 0 Å². The van der Waals surface area contributed by atoms with Crippen LogP contribution in [0.2, 0.25) is 0 Å². The van der Waals surface area contributed by atoms with Gasteiger partial charge >= 0.3 is 0 Å². The van der Waals surface area contributed by atoms with Crippen LogP contribution in [0.3, 0.4) is 0 Å². The highest BCUT2D eigenvalue weighted by molar-refractivity contribution is 5.35. The third-order valence-electron chi connectivity index (χ3n) is 2.93. The van der Waals surface area contributed by atoms with Crippen molar-refractivity contribution in [2.24, 2.45) is 5.92 Å². The molecule has 2 aromatic rings. The van der Waals surface area contributed by atoms with E-state index in [1.54, 1.807) is 18.2 Å². The number of hydrogen-bond donors (Lipinski definition) is 1. The van der Waals surface area contributed by atoms with E-state index >= 15 is 0 Å². The highest BCUT2D eigenvalue weighted by Crippen LogP contribution is 2.27. The maximum atomic E-state index is 14.0. The fraction of sp³-hybridized carbons (Fsp3) is 0.294. The van der Waals surface area contributed by atoms with Crippen molar-refractivity contribution in [1.82, 2.24) is 5.32 Å². The molecule has 0 amide bonds. The average Bonchev–Trinajstić information content (AvgIpc) is 2.43. The number of hydrogen-bond acceptors (Lipinski definition) is 2. The van der Waals surface area contributed by atoms with Crippen molar-refractivity contribution in [1.29, 1.82) is 0 Å². The van der Waals surface area contributed by atoms with Crippen LogP contribution in [0.25, 0.3) is 0 Å². The first-order valence-corrected chi connectivity index (χ1v) is 6.98. The van der Waals surface area contributed by atoms with Gasteiger partial charge in [-0.1, -0.05) is 32.0 Å². The molecule has 0 heterocycles. The van der Waals surface area contributed by atoms with E-state index in [0.717, 1.165) is 12.1 Å². The maximum absolute atomic E-state index is 14.0. The predicted molar refractivity (Wildman–Crippen MR) is 79.4 cm³/mol. The van der Waals surface area contributed by atoms with Crippen LogP contribution in [-0.4, -0.2) is 6.54 Å². The zero-order valence-corrected chi connectivity index (χ0v) is 12.2. The molecule has 0 atom stereocenters. The molecule has 0 unspecified atom stereocenters. The van der Waals surface area contributed by atoms with E-state index in [-0.39, 0.29) is 11.5 Å². The summed E-state index contributed by atoms with van der Waals surface area (Å²) in [6.07, 6.45) is 0. The van der Waals surface area contributed by atoms with Gasteiger partial charge in [0, 0.05) is 6.54 Å². The van der Waals surface area contributed by atoms with Gasteiger partial charge in [0.2, 0.25) is 0 Å². The normalized spacial score (nSPS) is 10.9. The Labute approximate surface area is 123 Å². The molecule has 21 heavy (non-hydrogen) atoms. The molecule has 1 N–H and O–H groups in total. The molecule has 0 aliphatic rings. The summed E-state index contributed by atoms with van der Waals surface area (Å²) in [6, 6.07) is 10.6. The summed E-state index contributed by atoms with van der Waals surface area (Å²) in [5.74, 6) is -0.435. The van der Waals surface area contributed by atoms with Gasteiger partial charge in [-0.15, -0.1) is 0 Å². The Kier molecular flexibility index (Phi) is 5.28. The number of benzene rings is 2. The van der Waals surface area contributed by atoms with E-state index in [1.165, 1.54) is 24.3 Å². The molecule has 112 valence electrons. The van der Waals surface area contributed by atoms with Crippen LogP contribution < -0.4 is 10.1 Å². The van der Waals surface area contributed by atoms with Crippen LogP contribution in [0.15, 0.2) is 42.5 Å². The molecule has 2 rings (SSSR count). The molecule has 0 radical (unpaired) electrons. The smallest absolute Gasteiger partial charge is 0.166 e. The standard InChI is InChI=1S/C17H19F2NO/c1-12(2)10-20-11-13-7-8-17(15(19)9-13)21-16-6-4-3-5-14(16)18/h3-9,12,20H,10-11H2,1-2H3. The molecule has 2 aromatic carbocycles. The summed E-state index contributed by atoms with van der Waals surface area (Å²) in [7, 11) is 0. The lowest BCUT2D eigenvalue weighted by Crippen LogP contribution is -2.18. The Hall–Kier alpha value is -1.94. The van der Waals surface area contributed by atoms with Crippen molar-refractivity contribution < 1.29 is 13.5 Å². The summed E-state index contributed by atoms with van der Waals surface area (Å²) < 4.78 is 32.7. The Balaban J connectivity index is 2.04. The van der Waals surface area contributed by atoms with Gasteiger partial charge < -0.3 is 10.1 Å². The lowest BCUT2D eigenvalue weighted by atomic mass is 10.2. The third kappa shape index (κ3) is 4.53. The molecule has 0 aliphatic heterocycles. The molecular formula is C17H19F2NO. The molecule has 4 heteroatoms. The van der Waals surface area contributed by atoms with Crippen LogP contribution in [0.1, 0.15) is 19.4 Å². The number of para-hydroxylation sites is 1. The lowest BCUT2D eigenvalue weighted by molar-refractivity contribution is 0.414. The van der Waals surface area contributed by atoms with Crippen LogP contribution in [-0.2, 0) is 6.54 Å². The monoisotopic (exact) mass is 291 g/mol. The highest BCUT2D eigenvalue weighted by Gasteiger charge is 2.09. The number of rotatable bonds is 6. The van der Waals surface area contributed by atoms with Crippen LogP contribution in [0.4, 0.5) is 8.78 Å². The predicted octanol–water partition coefficient (Wildman–Crippen LogP) is 4.50. The summed E-state index contributed by atoms with van der Waals surface area (Å²) >= 11 is 0. The van der Waals surface area contributed by atoms with Crippen molar-refractivity contribution in [2.45, 2.75) is 20.4 Å². The lowest BCUT2D eigenvalue weighted by Gasteiger charge is -2.10. The minimum atomic E-state index is -0.514. The van der Waals surface area contributed by atoms with Gasteiger partial charge in [-0.05, 0) is 42.3 Å². The van der Waals surface area contributed by atoms with E-state index in [1.807, 2.05) is 0 Å². The minimum absolute atomic E-state index is 0.0158. The molecule has 0 bridgehead atoms. The largest absolute Gasteiger partial charge is 0.451 e. The second-order valence-electron chi connectivity index (χ2n) is 5.32. The molecule has 0 aliphatic carbocycles. The van der Waals surface area contributed by atoms with E-state index < -0.39 is 11.6 Å². The fourth-order valence-corrected chi connectivity index (χ4v) is 1.89. The van der Waals surface area contributed by atoms with Crippen molar-refractivity contribution in [3.8, 4) is 11.5 Å². The first-order valence-electron chi connectivity index (χ1n) is 6.98. The Morgan fingerprint density at radius 3 is 2.38 bits per heavy atom. The number of halogens is 2. The van der Waals surface area contributed by atoms with Gasteiger partial charge in [0.05, 0.1) is 0 Å². The van der Waals surface area contributed by atoms with Crippen LogP contribution in [0.5, 0.6) is 11.5 Å². The van der Waals surface area contributed by atoms with Gasteiger partial charge in [0.15, 0.2) is 23.1 Å². The Morgan fingerprint density at radius 2 is 1.71 bits per heavy atom. The summed E-state index contributed by atoms with van der Waals surface area (Å²) in [5, 5.41) is 3.24. The Bertz CT molecular complexity index is 599. The second-order valence-corrected chi connectivity index (χ2v) is 5.32. The van der Waals surface area contributed by atoms with E-state index in [0.29, 0.717) is 12.5 Å². The summed E-state index contributed by atoms with van der Waals surface area (Å²) in [4.78, 5) is 0. The molecular weight excluding hydrogens is 272 g/mol. The van der Waals surface area contributed by atoms with Gasteiger partial charge in [-0.25, -0.2) is 8.78 Å². The minimum Gasteiger partial charge on any atom is -0.451 e. The molecule has 2 nitrogen and oxygen atoms in total. The van der Waals surface area contributed by atoms with E-state index in [4.69, 9.17) is 4.74 Å². The fourth-order valence-electron chi connectivity index (χ4n) is 1.89. The number of nitrogens with one attached hydrogen (secondary N) is 1.